The van der Waals surface area contributed by atoms with Crippen LogP contribution in [0.4, 0.5) is 0 Å². The molecule has 0 spiro atoms. The summed E-state index contributed by atoms with van der Waals surface area (Å²) in [6.07, 6.45) is 1.92. The quantitative estimate of drug-likeness (QED) is 0.618. The molecule has 4 rings (SSSR count). The van der Waals surface area contributed by atoms with Crippen LogP contribution in [0.1, 0.15) is 11.4 Å². The van der Waals surface area contributed by atoms with Gasteiger partial charge in [0.15, 0.2) is 5.82 Å². The standard InChI is InChI=1S/C17H16N6/c1-10-8-16(14-6-7-23(3)22-14)19-15-9-12(4-5-13(10)15)17-18-11(2)20-21-17/h4-9H,1-3H3,(H,18,20,21). The highest BCUT2D eigenvalue weighted by molar-refractivity contribution is 5.87. The third-order valence-corrected chi connectivity index (χ3v) is 3.85. The van der Waals surface area contributed by atoms with Crippen molar-refractivity contribution in [2.45, 2.75) is 13.8 Å². The van der Waals surface area contributed by atoms with Crippen LogP contribution in [-0.2, 0) is 7.05 Å². The third-order valence-electron chi connectivity index (χ3n) is 3.85. The number of benzene rings is 1. The van der Waals surface area contributed by atoms with Crippen LogP contribution in [0.2, 0.25) is 0 Å². The molecule has 0 aliphatic heterocycles. The number of pyridine rings is 1. The number of aryl methyl sites for hydroxylation is 3. The van der Waals surface area contributed by atoms with E-state index >= 15 is 0 Å². The fourth-order valence-electron chi connectivity index (χ4n) is 2.70. The number of fused-ring (bicyclic) bond motifs is 1. The van der Waals surface area contributed by atoms with Crippen LogP contribution in [0.15, 0.2) is 36.5 Å². The summed E-state index contributed by atoms with van der Waals surface area (Å²) >= 11 is 0. The Morgan fingerprint density at radius 1 is 1.00 bits per heavy atom. The first-order chi connectivity index (χ1) is 11.1. The highest BCUT2D eigenvalue weighted by Gasteiger charge is 2.10. The van der Waals surface area contributed by atoms with Crippen LogP contribution in [0.25, 0.3) is 33.7 Å². The second kappa shape index (κ2) is 5.01. The zero-order chi connectivity index (χ0) is 16.0. The molecule has 3 heterocycles. The molecular weight excluding hydrogens is 288 g/mol. The molecule has 23 heavy (non-hydrogen) atoms. The Bertz CT molecular complexity index is 1010. The first kappa shape index (κ1) is 13.6. The lowest BCUT2D eigenvalue weighted by Crippen LogP contribution is -1.92. The molecule has 3 aromatic heterocycles. The molecule has 1 aromatic carbocycles. The summed E-state index contributed by atoms with van der Waals surface area (Å²) in [6.45, 7) is 3.98. The zero-order valence-corrected chi connectivity index (χ0v) is 13.2. The summed E-state index contributed by atoms with van der Waals surface area (Å²) in [5.41, 5.74) is 4.79. The number of aromatic nitrogens is 6. The van der Waals surface area contributed by atoms with E-state index < -0.39 is 0 Å². The number of nitrogens with zero attached hydrogens (tertiary/aromatic N) is 5. The van der Waals surface area contributed by atoms with Crippen molar-refractivity contribution in [2.75, 3.05) is 0 Å². The highest BCUT2D eigenvalue weighted by atomic mass is 15.2. The largest absolute Gasteiger partial charge is 0.275 e. The molecule has 0 bridgehead atoms. The van der Waals surface area contributed by atoms with Crippen LogP contribution in [0.3, 0.4) is 0 Å². The van der Waals surface area contributed by atoms with Gasteiger partial charge in [-0.25, -0.2) is 9.97 Å². The second-order valence-corrected chi connectivity index (χ2v) is 5.68. The van der Waals surface area contributed by atoms with Crippen LogP contribution < -0.4 is 0 Å². The maximum atomic E-state index is 4.77. The van der Waals surface area contributed by atoms with Gasteiger partial charge in [0, 0.05) is 24.2 Å². The first-order valence-electron chi connectivity index (χ1n) is 7.41. The van der Waals surface area contributed by atoms with Gasteiger partial charge in [-0.2, -0.15) is 10.2 Å². The number of H-pyrrole nitrogens is 1. The van der Waals surface area contributed by atoms with Crippen molar-refractivity contribution in [3.8, 4) is 22.8 Å². The van der Waals surface area contributed by atoms with E-state index in [4.69, 9.17) is 4.98 Å². The summed E-state index contributed by atoms with van der Waals surface area (Å²) < 4.78 is 1.78. The number of hydrogen-bond acceptors (Lipinski definition) is 4. The molecule has 6 heteroatoms. The monoisotopic (exact) mass is 304 g/mol. The molecule has 114 valence electrons. The van der Waals surface area contributed by atoms with Crippen LogP contribution in [-0.4, -0.2) is 29.9 Å². The number of rotatable bonds is 2. The summed E-state index contributed by atoms with van der Waals surface area (Å²) in [6, 6.07) is 10.2. The minimum atomic E-state index is 0.687. The molecule has 1 N–H and O–H groups in total. The topological polar surface area (TPSA) is 72.3 Å². The minimum absolute atomic E-state index is 0.687. The van der Waals surface area contributed by atoms with E-state index in [2.05, 4.69) is 39.3 Å². The SMILES string of the molecule is Cc1nc(-c2ccc3c(C)cc(-c4ccn(C)n4)nc3c2)n[nH]1. The van der Waals surface area contributed by atoms with Crippen LogP contribution in [0.5, 0.6) is 0 Å². The highest BCUT2D eigenvalue weighted by Crippen LogP contribution is 2.26. The summed E-state index contributed by atoms with van der Waals surface area (Å²) in [4.78, 5) is 9.15. The molecular formula is C17H16N6. The van der Waals surface area contributed by atoms with Gasteiger partial charge in [0.25, 0.3) is 0 Å². The predicted molar refractivity (Wildman–Crippen MR) is 88.8 cm³/mol. The van der Waals surface area contributed by atoms with Gasteiger partial charge in [-0.05, 0) is 37.6 Å². The molecule has 0 unspecified atom stereocenters. The van der Waals surface area contributed by atoms with Gasteiger partial charge in [-0.15, -0.1) is 0 Å². The van der Waals surface area contributed by atoms with E-state index in [9.17, 15) is 0 Å². The molecule has 0 atom stereocenters. The molecule has 6 nitrogen and oxygen atoms in total. The summed E-state index contributed by atoms with van der Waals surface area (Å²) in [7, 11) is 1.90. The molecule has 0 saturated carbocycles. The van der Waals surface area contributed by atoms with E-state index in [-0.39, 0.29) is 0 Å². The maximum Gasteiger partial charge on any atom is 0.181 e. The lowest BCUT2D eigenvalue weighted by atomic mass is 10.1. The average Bonchev–Trinajstić information content (AvgIpc) is 3.15. The molecule has 0 aliphatic rings. The predicted octanol–water partition coefficient (Wildman–Crippen LogP) is 3.04. The maximum absolute atomic E-state index is 4.77. The lowest BCUT2D eigenvalue weighted by molar-refractivity contribution is 0.770. The van der Waals surface area contributed by atoms with E-state index in [1.54, 1.807) is 4.68 Å². The van der Waals surface area contributed by atoms with Crippen LogP contribution >= 0.6 is 0 Å². The number of hydrogen-bond donors (Lipinski definition) is 1. The average molecular weight is 304 g/mol. The Morgan fingerprint density at radius 2 is 1.87 bits per heavy atom. The normalized spacial score (nSPS) is 11.3. The second-order valence-electron chi connectivity index (χ2n) is 5.68. The summed E-state index contributed by atoms with van der Waals surface area (Å²) in [5.74, 6) is 1.48. The smallest absolute Gasteiger partial charge is 0.181 e. The van der Waals surface area contributed by atoms with Crippen molar-refractivity contribution in [3.05, 3.63) is 47.9 Å². The van der Waals surface area contributed by atoms with Crippen molar-refractivity contribution in [1.29, 1.82) is 0 Å². The third kappa shape index (κ3) is 2.38. The first-order valence-corrected chi connectivity index (χ1v) is 7.41. The Hall–Kier alpha value is -3.02. The van der Waals surface area contributed by atoms with Gasteiger partial charge >= 0.3 is 0 Å². The molecule has 0 fully saturated rings. The molecule has 0 amide bonds. The Labute approximate surface area is 133 Å². The minimum Gasteiger partial charge on any atom is -0.275 e. The van der Waals surface area contributed by atoms with E-state index in [0.717, 1.165) is 33.7 Å². The van der Waals surface area contributed by atoms with Gasteiger partial charge in [0.1, 0.15) is 11.5 Å². The van der Waals surface area contributed by atoms with E-state index in [1.807, 2.05) is 38.4 Å². The van der Waals surface area contributed by atoms with E-state index in [0.29, 0.717) is 5.82 Å². The van der Waals surface area contributed by atoms with E-state index in [1.165, 1.54) is 5.56 Å². The van der Waals surface area contributed by atoms with Gasteiger partial charge in [0.05, 0.1) is 11.2 Å². The Kier molecular flexibility index (Phi) is 2.97. The fourth-order valence-corrected chi connectivity index (χ4v) is 2.70. The van der Waals surface area contributed by atoms with Crippen molar-refractivity contribution in [3.63, 3.8) is 0 Å². The van der Waals surface area contributed by atoms with Crippen molar-refractivity contribution >= 4 is 10.9 Å². The van der Waals surface area contributed by atoms with Crippen LogP contribution in [0, 0.1) is 13.8 Å². The zero-order valence-electron chi connectivity index (χ0n) is 13.2. The van der Waals surface area contributed by atoms with Gasteiger partial charge in [-0.3, -0.25) is 9.78 Å². The number of nitrogens with one attached hydrogen (secondary N) is 1. The molecule has 0 radical (unpaired) electrons. The van der Waals surface area contributed by atoms with Gasteiger partial charge in [-0.1, -0.05) is 12.1 Å². The Balaban J connectivity index is 1.89. The summed E-state index contributed by atoms with van der Waals surface area (Å²) in [5, 5.41) is 12.7. The fraction of sp³-hybridized carbons (Fsp3) is 0.176. The number of aromatic amines is 1. The van der Waals surface area contributed by atoms with Gasteiger partial charge < -0.3 is 0 Å². The molecule has 0 saturated heterocycles. The Morgan fingerprint density at radius 3 is 2.57 bits per heavy atom. The van der Waals surface area contributed by atoms with Crippen molar-refractivity contribution in [1.82, 2.24) is 29.9 Å². The van der Waals surface area contributed by atoms with Crippen molar-refractivity contribution < 1.29 is 0 Å². The van der Waals surface area contributed by atoms with Gasteiger partial charge in [0.2, 0.25) is 0 Å². The van der Waals surface area contributed by atoms with Crippen molar-refractivity contribution in [2.24, 2.45) is 7.05 Å². The molecule has 4 aromatic rings. The lowest BCUT2D eigenvalue weighted by Gasteiger charge is -2.06. The molecule has 0 aliphatic carbocycles.